The zero-order chi connectivity index (χ0) is 21.8. The van der Waals surface area contributed by atoms with Crippen molar-refractivity contribution in [3.8, 4) is 0 Å². The van der Waals surface area contributed by atoms with Gasteiger partial charge in [-0.15, -0.1) is 0 Å². The van der Waals surface area contributed by atoms with Crippen molar-refractivity contribution >= 4 is 34.9 Å². The van der Waals surface area contributed by atoms with Crippen molar-refractivity contribution in [2.75, 3.05) is 33.9 Å². The first-order chi connectivity index (χ1) is 15.0. The Balaban J connectivity index is 1.39. The molecule has 7 nitrogen and oxygen atoms in total. The summed E-state index contributed by atoms with van der Waals surface area (Å²) in [6.07, 6.45) is 2.37. The number of carbonyl (C=O) groups is 1. The maximum absolute atomic E-state index is 13.6. The van der Waals surface area contributed by atoms with Gasteiger partial charge >= 0.3 is 6.03 Å². The van der Waals surface area contributed by atoms with Crippen LogP contribution < -0.4 is 20.9 Å². The summed E-state index contributed by atoms with van der Waals surface area (Å²) in [6, 6.07) is 13.4. The first-order valence-corrected chi connectivity index (χ1v) is 10.3. The smallest absolute Gasteiger partial charge is 0.323 e. The van der Waals surface area contributed by atoms with E-state index >= 15 is 0 Å². The molecule has 31 heavy (non-hydrogen) atoms. The highest BCUT2D eigenvalue weighted by atomic mass is 19.1. The summed E-state index contributed by atoms with van der Waals surface area (Å²) < 4.78 is 13.6. The molecule has 2 aromatic carbocycles. The molecular formula is C23H25FN6O. The Kier molecular flexibility index (Phi) is 5.97. The molecule has 3 N–H and O–H groups in total. The number of halogens is 1. The Labute approximate surface area is 180 Å². The van der Waals surface area contributed by atoms with Gasteiger partial charge < -0.3 is 20.9 Å². The number of rotatable bonds is 5. The highest BCUT2D eigenvalue weighted by Gasteiger charge is 2.15. The molecular weight excluding hydrogens is 395 g/mol. The van der Waals surface area contributed by atoms with Gasteiger partial charge in [-0.2, -0.15) is 4.98 Å². The number of aromatic nitrogens is 2. The minimum absolute atomic E-state index is 0.362. The van der Waals surface area contributed by atoms with Crippen molar-refractivity contribution in [2.24, 2.45) is 0 Å². The minimum Gasteiger partial charge on any atom is -0.356 e. The zero-order valence-corrected chi connectivity index (χ0v) is 17.6. The van der Waals surface area contributed by atoms with E-state index < -0.39 is 6.03 Å². The molecule has 8 heteroatoms. The minimum atomic E-state index is -0.438. The van der Waals surface area contributed by atoms with Gasteiger partial charge in [0.1, 0.15) is 11.6 Å². The first-order valence-electron chi connectivity index (χ1n) is 10.3. The molecule has 4 rings (SSSR count). The van der Waals surface area contributed by atoms with E-state index in [2.05, 4.69) is 30.8 Å². The van der Waals surface area contributed by atoms with E-state index in [9.17, 15) is 9.18 Å². The van der Waals surface area contributed by atoms with Crippen molar-refractivity contribution in [1.29, 1.82) is 0 Å². The molecule has 0 spiro atoms. The average molecular weight is 420 g/mol. The number of anilines is 5. The quantitative estimate of drug-likeness (QED) is 0.527. The van der Waals surface area contributed by atoms with Crippen LogP contribution in [0.2, 0.25) is 0 Å². The van der Waals surface area contributed by atoms with Crippen molar-refractivity contribution in [3.05, 3.63) is 65.6 Å². The third-order valence-corrected chi connectivity index (χ3v) is 5.19. The second-order valence-electron chi connectivity index (χ2n) is 7.58. The van der Waals surface area contributed by atoms with Crippen LogP contribution in [-0.4, -0.2) is 29.1 Å². The number of urea groups is 1. The highest BCUT2D eigenvalue weighted by Crippen LogP contribution is 2.23. The van der Waals surface area contributed by atoms with E-state index in [4.69, 9.17) is 0 Å². The summed E-state index contributed by atoms with van der Waals surface area (Å²) in [5.41, 5.74) is 3.15. The van der Waals surface area contributed by atoms with Crippen LogP contribution in [0.5, 0.6) is 0 Å². The molecule has 0 radical (unpaired) electrons. The lowest BCUT2D eigenvalue weighted by molar-refractivity contribution is 0.262. The molecule has 1 saturated heterocycles. The molecule has 1 aromatic heterocycles. The number of nitrogens with zero attached hydrogens (tertiary/aromatic N) is 3. The summed E-state index contributed by atoms with van der Waals surface area (Å²) in [4.78, 5) is 23.6. The third kappa shape index (κ3) is 5.09. The largest absolute Gasteiger partial charge is 0.356 e. The topological polar surface area (TPSA) is 82.2 Å². The van der Waals surface area contributed by atoms with Crippen molar-refractivity contribution in [2.45, 2.75) is 26.7 Å². The number of amides is 2. The van der Waals surface area contributed by atoms with Gasteiger partial charge in [-0.1, -0.05) is 6.07 Å². The van der Waals surface area contributed by atoms with Gasteiger partial charge in [0, 0.05) is 47.5 Å². The molecule has 0 bridgehead atoms. The Bertz CT molecular complexity index is 1080. The van der Waals surface area contributed by atoms with E-state index in [-0.39, 0.29) is 5.82 Å². The van der Waals surface area contributed by atoms with E-state index in [0.717, 1.165) is 30.3 Å². The predicted molar refractivity (Wildman–Crippen MR) is 122 cm³/mol. The lowest BCUT2D eigenvalue weighted by Gasteiger charge is -2.17. The monoisotopic (exact) mass is 420 g/mol. The Hall–Kier alpha value is -3.68. The second kappa shape index (κ2) is 8.99. The number of hydrogen-bond donors (Lipinski definition) is 3. The number of carbonyl (C=O) groups excluding carboxylic acids is 1. The van der Waals surface area contributed by atoms with Gasteiger partial charge in [0.15, 0.2) is 0 Å². The Morgan fingerprint density at radius 2 is 1.68 bits per heavy atom. The maximum Gasteiger partial charge on any atom is 0.323 e. The van der Waals surface area contributed by atoms with Crippen LogP contribution >= 0.6 is 0 Å². The van der Waals surface area contributed by atoms with E-state index in [1.807, 2.05) is 25.1 Å². The van der Waals surface area contributed by atoms with Crippen molar-refractivity contribution in [3.63, 3.8) is 0 Å². The molecule has 0 atom stereocenters. The van der Waals surface area contributed by atoms with Gasteiger partial charge in [-0.25, -0.2) is 14.2 Å². The van der Waals surface area contributed by atoms with Crippen LogP contribution in [0.3, 0.4) is 0 Å². The molecule has 160 valence electrons. The molecule has 2 heterocycles. The molecule has 1 fully saturated rings. The summed E-state index contributed by atoms with van der Waals surface area (Å²) in [6.45, 7) is 5.62. The van der Waals surface area contributed by atoms with Crippen LogP contribution in [0, 0.1) is 19.7 Å². The number of hydrogen-bond acceptors (Lipinski definition) is 5. The van der Waals surface area contributed by atoms with Crippen molar-refractivity contribution in [1.82, 2.24) is 9.97 Å². The second-order valence-corrected chi connectivity index (χ2v) is 7.58. The maximum atomic E-state index is 13.6. The Morgan fingerprint density at radius 1 is 0.968 bits per heavy atom. The van der Waals surface area contributed by atoms with E-state index in [1.54, 1.807) is 31.2 Å². The molecule has 1 aliphatic rings. The summed E-state index contributed by atoms with van der Waals surface area (Å²) in [5, 5.41) is 8.63. The summed E-state index contributed by atoms with van der Waals surface area (Å²) in [5.74, 6) is 1.12. The van der Waals surface area contributed by atoms with Crippen molar-refractivity contribution < 1.29 is 9.18 Å². The summed E-state index contributed by atoms with van der Waals surface area (Å²) in [7, 11) is 0. The lowest BCUT2D eigenvalue weighted by Crippen LogP contribution is -2.20. The summed E-state index contributed by atoms with van der Waals surface area (Å²) >= 11 is 0. The number of nitrogens with one attached hydrogen (secondary N) is 3. The van der Waals surface area contributed by atoms with Gasteiger partial charge in [0.2, 0.25) is 5.95 Å². The standard InChI is InChI=1S/C23H25FN6O/c1-15-14-21(30-12-3-4-13-30)29-22(25-15)26-17-8-10-18(11-9-17)27-23(31)28-20-7-5-6-19(24)16(20)2/h5-11,14H,3-4,12-13H2,1-2H3,(H,25,26,29)(H2,27,28,31). The van der Waals surface area contributed by atoms with Gasteiger partial charge in [0.25, 0.3) is 0 Å². The third-order valence-electron chi connectivity index (χ3n) is 5.19. The average Bonchev–Trinajstić information content (AvgIpc) is 3.27. The Morgan fingerprint density at radius 3 is 2.42 bits per heavy atom. The number of aryl methyl sites for hydroxylation is 1. The molecule has 0 saturated carbocycles. The van der Waals surface area contributed by atoms with E-state index in [1.165, 1.54) is 18.9 Å². The van der Waals surface area contributed by atoms with Crippen LogP contribution in [-0.2, 0) is 0 Å². The molecule has 0 unspecified atom stereocenters. The molecule has 1 aliphatic heterocycles. The first kappa shape index (κ1) is 20.6. The fourth-order valence-corrected chi connectivity index (χ4v) is 3.51. The lowest BCUT2D eigenvalue weighted by atomic mass is 10.2. The SMILES string of the molecule is Cc1cc(N2CCCC2)nc(Nc2ccc(NC(=O)Nc3cccc(F)c3C)cc2)n1. The molecule has 2 amide bonds. The van der Waals surface area contributed by atoms with Gasteiger partial charge in [0.05, 0.1) is 0 Å². The van der Waals surface area contributed by atoms with Crippen LogP contribution in [0.4, 0.5) is 38.0 Å². The molecule has 0 aliphatic carbocycles. The fraction of sp³-hybridized carbons (Fsp3) is 0.261. The fourth-order valence-electron chi connectivity index (χ4n) is 3.51. The highest BCUT2D eigenvalue weighted by molar-refractivity contribution is 6.00. The zero-order valence-electron chi connectivity index (χ0n) is 17.6. The predicted octanol–water partition coefficient (Wildman–Crippen LogP) is 5.22. The normalized spacial score (nSPS) is 13.2. The van der Waals surface area contributed by atoms with Crippen LogP contribution in [0.1, 0.15) is 24.1 Å². The number of benzene rings is 2. The van der Waals surface area contributed by atoms with Crippen LogP contribution in [0.15, 0.2) is 48.5 Å². The van der Waals surface area contributed by atoms with Gasteiger partial charge in [-0.05, 0) is 63.1 Å². The molecule has 3 aromatic rings. The van der Waals surface area contributed by atoms with E-state index in [0.29, 0.717) is 22.9 Å². The van der Waals surface area contributed by atoms with Crippen LogP contribution in [0.25, 0.3) is 0 Å². The van der Waals surface area contributed by atoms with Gasteiger partial charge in [-0.3, -0.25) is 0 Å².